The molecule has 0 aliphatic rings. The Labute approximate surface area is 282 Å². The first kappa shape index (κ1) is 44.1. The molecule has 0 aliphatic heterocycles. The number of amides is 5. The molecule has 0 aromatic heterocycles. The van der Waals surface area contributed by atoms with Crippen LogP contribution in [-0.4, -0.2) is 124 Å². The number of hydrogen-bond donors (Lipinski definition) is 11. The van der Waals surface area contributed by atoms with Crippen LogP contribution < -0.4 is 37.6 Å². The van der Waals surface area contributed by atoms with Crippen LogP contribution in [0.15, 0.2) is 0 Å². The topological polar surface area (TPSA) is 333 Å². The Kier molecular flexibility index (Phi) is 21.9. The monoisotopic (exact) mass is 703 g/mol. The second kappa shape index (κ2) is 24.3. The van der Waals surface area contributed by atoms with Crippen molar-refractivity contribution in [2.75, 3.05) is 20.1 Å². The summed E-state index contributed by atoms with van der Waals surface area (Å²) in [5.74, 6) is -8.91. The molecule has 0 rings (SSSR count). The summed E-state index contributed by atoms with van der Waals surface area (Å²) in [4.78, 5) is 106. The van der Waals surface area contributed by atoms with Gasteiger partial charge in [0, 0.05) is 38.8 Å². The highest BCUT2D eigenvalue weighted by atomic mass is 16.4. The molecule has 12 N–H and O–H groups in total. The van der Waals surface area contributed by atoms with Crippen LogP contribution >= 0.6 is 0 Å². The van der Waals surface area contributed by atoms with E-state index in [4.69, 9.17) is 10.8 Å². The van der Waals surface area contributed by atoms with Crippen LogP contribution in [0.2, 0.25) is 0 Å². The first-order valence-corrected chi connectivity index (χ1v) is 15.8. The fraction of sp³-hybridized carbons (Fsp3) is 0.690. The smallest absolute Gasteiger partial charge is 0.326 e. The van der Waals surface area contributed by atoms with Gasteiger partial charge in [0.2, 0.25) is 29.5 Å². The maximum Gasteiger partial charge on any atom is 0.326 e. The van der Waals surface area contributed by atoms with Crippen LogP contribution in [0.25, 0.3) is 0 Å². The lowest BCUT2D eigenvalue weighted by Crippen LogP contribution is -2.45. The average molecular weight is 704 g/mol. The van der Waals surface area contributed by atoms with Gasteiger partial charge in [-0.25, -0.2) is 14.4 Å². The zero-order chi connectivity index (χ0) is 37.5. The van der Waals surface area contributed by atoms with Gasteiger partial charge < -0.3 is 58.1 Å². The van der Waals surface area contributed by atoms with E-state index < -0.39 is 97.4 Å². The highest BCUT2D eigenvalue weighted by Crippen LogP contribution is 2.06. The van der Waals surface area contributed by atoms with Gasteiger partial charge in [-0.3, -0.25) is 28.8 Å². The molecule has 0 saturated carbocycles. The van der Waals surface area contributed by atoms with Crippen molar-refractivity contribution in [2.45, 2.75) is 108 Å². The van der Waals surface area contributed by atoms with Gasteiger partial charge in [-0.2, -0.15) is 0 Å². The summed E-state index contributed by atoms with van der Waals surface area (Å²) >= 11 is 0. The molecule has 5 amide bonds. The molecule has 5 unspecified atom stereocenters. The molecular formula is C29H49N7O13. The number of nitrogens with two attached hydrogens (primary N) is 1. The Morgan fingerprint density at radius 1 is 0.531 bits per heavy atom. The summed E-state index contributed by atoms with van der Waals surface area (Å²) in [5.41, 5.74) is 5.30. The van der Waals surface area contributed by atoms with Crippen molar-refractivity contribution < 1.29 is 63.6 Å². The SMILES string of the molecule is CCNC(=O)C(CCCCNC(=O)CCC(NC(=O)CCC(NC(=O)CCC(NC(=O)CCC(N)C(=O)O)C(=O)O)C(=O)O)C(=O)O)NC. The Hall–Kier alpha value is -4.85. The molecule has 49 heavy (non-hydrogen) atoms. The summed E-state index contributed by atoms with van der Waals surface area (Å²) in [7, 11) is 1.67. The largest absolute Gasteiger partial charge is 0.480 e. The van der Waals surface area contributed by atoms with Gasteiger partial charge in [-0.05, 0) is 58.9 Å². The highest BCUT2D eigenvalue weighted by Gasteiger charge is 2.26. The van der Waals surface area contributed by atoms with Crippen molar-refractivity contribution in [1.29, 1.82) is 0 Å². The van der Waals surface area contributed by atoms with E-state index in [1.54, 1.807) is 7.05 Å². The zero-order valence-electron chi connectivity index (χ0n) is 27.6. The number of unbranched alkanes of at least 4 members (excludes halogenated alkanes) is 1. The van der Waals surface area contributed by atoms with E-state index in [0.717, 1.165) is 0 Å². The molecule has 5 atom stereocenters. The summed E-state index contributed by atoms with van der Waals surface area (Å²) in [6.07, 6.45) is -1.28. The molecule has 20 heteroatoms. The third kappa shape index (κ3) is 20.2. The Morgan fingerprint density at radius 2 is 0.939 bits per heavy atom. The first-order valence-electron chi connectivity index (χ1n) is 15.8. The third-order valence-electron chi connectivity index (χ3n) is 7.14. The number of nitrogens with one attached hydrogen (secondary N) is 6. The number of hydrogen-bond acceptors (Lipinski definition) is 11. The number of likely N-dealkylation sites (N-methyl/N-ethyl adjacent to an activating group) is 2. The standard InChI is InChI=1S/C29H49N7O13/c1-3-32-25(41)17(31-2)6-4-5-15-33-21(37)12-8-18(27(44)45)35-23(39)14-10-20(29(48)49)36-24(40)13-9-19(28(46)47)34-22(38)11-7-16(30)26(42)43/h16-20,31H,3-15,30H2,1-2H3,(H,32,41)(H,33,37)(H,34,38)(H,35,39)(H,36,40)(H,42,43)(H,44,45)(H,46,47)(H,48,49). The van der Waals surface area contributed by atoms with E-state index >= 15 is 0 Å². The minimum atomic E-state index is -1.59. The van der Waals surface area contributed by atoms with Crippen LogP contribution in [0.5, 0.6) is 0 Å². The van der Waals surface area contributed by atoms with Crippen molar-refractivity contribution in [3.05, 3.63) is 0 Å². The highest BCUT2D eigenvalue weighted by molar-refractivity contribution is 5.88. The first-order chi connectivity index (χ1) is 23.0. The molecule has 0 aromatic carbocycles. The summed E-state index contributed by atoms with van der Waals surface area (Å²) in [5, 5.41) is 51.8. The predicted octanol–water partition coefficient (Wildman–Crippen LogP) is -2.76. The van der Waals surface area contributed by atoms with E-state index in [0.29, 0.717) is 32.4 Å². The lowest BCUT2D eigenvalue weighted by Gasteiger charge is -2.18. The summed E-state index contributed by atoms with van der Waals surface area (Å²) in [6.45, 7) is 2.62. The molecule has 0 spiro atoms. The third-order valence-corrected chi connectivity index (χ3v) is 7.14. The quantitative estimate of drug-likeness (QED) is 0.0386. The molecule has 20 nitrogen and oxygen atoms in total. The number of carbonyl (C=O) groups is 9. The van der Waals surface area contributed by atoms with Crippen LogP contribution in [0.4, 0.5) is 0 Å². The fourth-order valence-electron chi connectivity index (χ4n) is 4.30. The summed E-state index contributed by atoms with van der Waals surface area (Å²) < 4.78 is 0. The predicted molar refractivity (Wildman–Crippen MR) is 170 cm³/mol. The fourth-order valence-corrected chi connectivity index (χ4v) is 4.30. The zero-order valence-corrected chi connectivity index (χ0v) is 27.6. The van der Waals surface area contributed by atoms with Crippen LogP contribution in [0.3, 0.4) is 0 Å². The van der Waals surface area contributed by atoms with E-state index in [2.05, 4.69) is 31.9 Å². The Morgan fingerprint density at radius 3 is 1.31 bits per heavy atom. The molecule has 0 heterocycles. The van der Waals surface area contributed by atoms with Crippen molar-refractivity contribution >= 4 is 53.4 Å². The molecule has 0 radical (unpaired) electrons. The Balaban J connectivity index is 4.71. The molecule has 0 aromatic rings. The van der Waals surface area contributed by atoms with Crippen LogP contribution in [0, 0.1) is 0 Å². The molecule has 0 saturated heterocycles. The van der Waals surface area contributed by atoms with Crippen molar-refractivity contribution in [3.8, 4) is 0 Å². The number of aliphatic carboxylic acids is 4. The van der Waals surface area contributed by atoms with Gasteiger partial charge in [0.25, 0.3) is 0 Å². The van der Waals surface area contributed by atoms with E-state index in [1.807, 2.05) is 6.92 Å². The summed E-state index contributed by atoms with van der Waals surface area (Å²) in [6, 6.07) is -6.27. The van der Waals surface area contributed by atoms with Gasteiger partial charge in [0.15, 0.2) is 0 Å². The average Bonchev–Trinajstić information content (AvgIpc) is 3.03. The minimum absolute atomic E-state index is 0.120. The molecule has 0 fully saturated rings. The minimum Gasteiger partial charge on any atom is -0.480 e. The molecule has 0 aliphatic carbocycles. The lowest BCUT2D eigenvalue weighted by molar-refractivity contribution is -0.144. The normalized spacial score (nSPS) is 13.8. The maximum atomic E-state index is 12.4. The van der Waals surface area contributed by atoms with Crippen molar-refractivity contribution in [1.82, 2.24) is 31.9 Å². The Bertz CT molecular complexity index is 1170. The lowest BCUT2D eigenvalue weighted by atomic mass is 10.1. The van der Waals surface area contributed by atoms with Gasteiger partial charge in [0.1, 0.15) is 24.2 Å². The van der Waals surface area contributed by atoms with Crippen molar-refractivity contribution in [2.24, 2.45) is 5.73 Å². The van der Waals surface area contributed by atoms with Gasteiger partial charge in [-0.15, -0.1) is 0 Å². The number of carbonyl (C=O) groups excluding carboxylic acids is 5. The molecular weight excluding hydrogens is 654 g/mol. The number of rotatable bonds is 27. The number of carboxylic acids is 4. The van der Waals surface area contributed by atoms with Gasteiger partial charge >= 0.3 is 23.9 Å². The van der Waals surface area contributed by atoms with Crippen LogP contribution in [-0.2, 0) is 43.2 Å². The van der Waals surface area contributed by atoms with Gasteiger partial charge in [0.05, 0.1) is 6.04 Å². The second-order valence-electron chi connectivity index (χ2n) is 11.1. The number of carboxylic acid groups (broad SMARTS) is 4. The van der Waals surface area contributed by atoms with Crippen LogP contribution in [0.1, 0.15) is 77.6 Å². The van der Waals surface area contributed by atoms with E-state index in [9.17, 15) is 58.5 Å². The van der Waals surface area contributed by atoms with Gasteiger partial charge in [-0.1, -0.05) is 0 Å². The maximum absolute atomic E-state index is 12.4. The van der Waals surface area contributed by atoms with E-state index in [1.165, 1.54) is 0 Å². The van der Waals surface area contributed by atoms with Crippen molar-refractivity contribution in [3.63, 3.8) is 0 Å². The molecule has 0 bridgehead atoms. The molecule has 278 valence electrons. The second-order valence-corrected chi connectivity index (χ2v) is 11.1. The van der Waals surface area contributed by atoms with E-state index in [-0.39, 0.29) is 37.6 Å².